The van der Waals surface area contributed by atoms with E-state index in [1.807, 2.05) is 48.3 Å². The van der Waals surface area contributed by atoms with Crippen LogP contribution in [0.2, 0.25) is 0 Å². The number of nitrogens with one attached hydrogen (secondary N) is 1. The highest BCUT2D eigenvalue weighted by Crippen LogP contribution is 2.29. The highest BCUT2D eigenvalue weighted by Gasteiger charge is 2.19. The van der Waals surface area contributed by atoms with E-state index < -0.39 is 5.97 Å². The van der Waals surface area contributed by atoms with Crippen molar-refractivity contribution in [3.05, 3.63) is 54.1 Å². The number of aliphatic carboxylic acids is 1. The van der Waals surface area contributed by atoms with Gasteiger partial charge in [-0.05, 0) is 29.3 Å². The topological polar surface area (TPSA) is 70.9 Å². The molecule has 2 heterocycles. The Morgan fingerprint density at radius 2 is 2.25 bits per heavy atom. The molecule has 0 saturated heterocycles. The number of hydrogen-bond acceptors (Lipinski definition) is 2. The molecule has 1 aromatic carbocycles. The van der Waals surface area contributed by atoms with Gasteiger partial charge in [0.1, 0.15) is 0 Å². The summed E-state index contributed by atoms with van der Waals surface area (Å²) in [7, 11) is 1.94. The third-order valence-corrected chi connectivity index (χ3v) is 3.55. The highest BCUT2D eigenvalue weighted by atomic mass is 16.4. The van der Waals surface area contributed by atoms with Gasteiger partial charge in [-0.3, -0.25) is 4.79 Å². The van der Waals surface area contributed by atoms with Crippen LogP contribution in [-0.2, 0) is 11.8 Å². The quantitative estimate of drug-likeness (QED) is 0.764. The molecule has 0 saturated carbocycles. The first-order valence-corrected chi connectivity index (χ1v) is 6.40. The maximum Gasteiger partial charge on any atom is 0.304 e. The molecule has 2 N–H and O–H groups in total. The van der Waals surface area contributed by atoms with Crippen molar-refractivity contribution in [3.8, 4) is 0 Å². The Morgan fingerprint density at radius 1 is 1.40 bits per heavy atom. The van der Waals surface area contributed by atoms with Crippen molar-refractivity contribution in [3.63, 3.8) is 0 Å². The van der Waals surface area contributed by atoms with Crippen molar-refractivity contribution in [2.24, 2.45) is 7.05 Å². The van der Waals surface area contributed by atoms with Gasteiger partial charge in [-0.1, -0.05) is 6.07 Å². The third-order valence-electron chi connectivity index (χ3n) is 3.55. The summed E-state index contributed by atoms with van der Waals surface area (Å²) in [5.74, 6) is -0.970. The summed E-state index contributed by atoms with van der Waals surface area (Å²) < 4.78 is 1.95. The van der Waals surface area contributed by atoms with Crippen LogP contribution in [0.5, 0.6) is 0 Å². The number of H-pyrrole nitrogens is 1. The molecule has 3 aromatic rings. The van der Waals surface area contributed by atoms with Gasteiger partial charge < -0.3 is 14.7 Å². The van der Waals surface area contributed by atoms with E-state index in [1.54, 1.807) is 6.33 Å². The van der Waals surface area contributed by atoms with Gasteiger partial charge in [-0.15, -0.1) is 0 Å². The minimum atomic E-state index is -0.808. The van der Waals surface area contributed by atoms with E-state index in [1.165, 1.54) is 0 Å². The van der Waals surface area contributed by atoms with Crippen molar-refractivity contribution in [2.75, 3.05) is 0 Å². The minimum absolute atomic E-state index is 0.0657. The van der Waals surface area contributed by atoms with Crippen molar-refractivity contribution >= 4 is 17.0 Å². The number of aromatic amines is 1. The van der Waals surface area contributed by atoms with Crippen molar-refractivity contribution in [1.82, 2.24) is 14.5 Å². The van der Waals surface area contributed by atoms with Gasteiger partial charge in [0.15, 0.2) is 0 Å². The number of carboxylic acid groups (broad SMARTS) is 1. The molecule has 0 spiro atoms. The number of rotatable bonds is 4. The zero-order valence-corrected chi connectivity index (χ0v) is 11.1. The molecule has 20 heavy (non-hydrogen) atoms. The molecule has 2 aromatic heterocycles. The Hall–Kier alpha value is -2.56. The van der Waals surface area contributed by atoms with E-state index in [-0.39, 0.29) is 12.3 Å². The van der Waals surface area contributed by atoms with Crippen LogP contribution >= 0.6 is 0 Å². The van der Waals surface area contributed by atoms with Gasteiger partial charge in [-0.2, -0.15) is 0 Å². The highest BCUT2D eigenvalue weighted by molar-refractivity contribution is 5.77. The van der Waals surface area contributed by atoms with E-state index in [0.717, 1.165) is 22.2 Å². The van der Waals surface area contributed by atoms with E-state index in [4.69, 9.17) is 5.11 Å². The second-order valence-corrected chi connectivity index (χ2v) is 4.90. The second-order valence-electron chi connectivity index (χ2n) is 4.90. The molecular formula is C15H15N3O2. The first-order chi connectivity index (χ1) is 9.65. The lowest BCUT2D eigenvalue weighted by Crippen LogP contribution is -2.07. The fourth-order valence-corrected chi connectivity index (χ4v) is 2.53. The van der Waals surface area contributed by atoms with Gasteiger partial charge in [0.05, 0.1) is 23.8 Å². The van der Waals surface area contributed by atoms with E-state index in [2.05, 4.69) is 9.97 Å². The maximum atomic E-state index is 11.1. The Balaban J connectivity index is 2.06. The van der Waals surface area contributed by atoms with Crippen molar-refractivity contribution in [2.45, 2.75) is 12.3 Å². The SMILES string of the molecule is Cn1cnc2cc(C(CC(=O)O)c3cc[nH]c3)ccc21. The Kier molecular flexibility index (Phi) is 3.02. The van der Waals surface area contributed by atoms with E-state index >= 15 is 0 Å². The average Bonchev–Trinajstić information content (AvgIpc) is 3.06. The summed E-state index contributed by atoms with van der Waals surface area (Å²) in [4.78, 5) is 18.4. The fraction of sp³-hybridized carbons (Fsp3) is 0.200. The molecule has 0 fully saturated rings. The summed E-state index contributed by atoms with van der Waals surface area (Å²) in [5, 5.41) is 9.13. The van der Waals surface area contributed by atoms with Crippen LogP contribution in [-0.4, -0.2) is 25.6 Å². The minimum Gasteiger partial charge on any atom is -0.481 e. The van der Waals surface area contributed by atoms with E-state index in [0.29, 0.717) is 0 Å². The van der Waals surface area contributed by atoms with Crippen LogP contribution in [0.25, 0.3) is 11.0 Å². The first kappa shape index (κ1) is 12.5. The first-order valence-electron chi connectivity index (χ1n) is 6.40. The Bertz CT molecular complexity index is 744. The van der Waals surface area contributed by atoms with Crippen LogP contribution in [0.15, 0.2) is 43.0 Å². The lowest BCUT2D eigenvalue weighted by atomic mass is 9.90. The molecule has 0 amide bonds. The smallest absolute Gasteiger partial charge is 0.304 e. The largest absolute Gasteiger partial charge is 0.481 e. The van der Waals surface area contributed by atoms with Crippen LogP contribution in [0.4, 0.5) is 0 Å². The predicted molar refractivity (Wildman–Crippen MR) is 75.6 cm³/mol. The zero-order valence-electron chi connectivity index (χ0n) is 11.1. The molecular weight excluding hydrogens is 254 g/mol. The number of carboxylic acids is 1. The Morgan fingerprint density at radius 3 is 2.95 bits per heavy atom. The van der Waals surface area contributed by atoms with Gasteiger partial charge in [0, 0.05) is 25.4 Å². The number of benzene rings is 1. The molecule has 1 unspecified atom stereocenters. The monoisotopic (exact) mass is 269 g/mol. The summed E-state index contributed by atoms with van der Waals surface area (Å²) in [6, 6.07) is 7.84. The van der Waals surface area contributed by atoms with E-state index in [9.17, 15) is 4.79 Å². The van der Waals surface area contributed by atoms with Crippen LogP contribution in [0, 0.1) is 0 Å². The third kappa shape index (κ3) is 2.18. The molecule has 0 aliphatic heterocycles. The number of aromatic nitrogens is 3. The summed E-state index contributed by atoms with van der Waals surface area (Å²) in [5.41, 5.74) is 3.87. The standard InChI is InChI=1S/C15H15N3O2/c1-18-9-17-13-6-10(2-3-14(13)18)12(7-15(19)20)11-4-5-16-8-11/h2-6,8-9,12,16H,7H2,1H3,(H,19,20). The normalized spacial score (nSPS) is 12.7. The zero-order chi connectivity index (χ0) is 14.1. The molecule has 0 aliphatic carbocycles. The Labute approximate surface area is 115 Å². The lowest BCUT2D eigenvalue weighted by molar-refractivity contribution is -0.137. The summed E-state index contributed by atoms with van der Waals surface area (Å²) in [6.07, 6.45) is 5.48. The molecule has 0 bridgehead atoms. The molecule has 0 radical (unpaired) electrons. The van der Waals surface area contributed by atoms with Crippen LogP contribution in [0.3, 0.4) is 0 Å². The molecule has 102 valence electrons. The number of imidazole rings is 1. The number of nitrogens with zero attached hydrogens (tertiary/aromatic N) is 2. The molecule has 1 atom stereocenters. The summed E-state index contributed by atoms with van der Waals surface area (Å²) >= 11 is 0. The van der Waals surface area contributed by atoms with Gasteiger partial charge >= 0.3 is 5.97 Å². The fourth-order valence-electron chi connectivity index (χ4n) is 2.53. The second kappa shape index (κ2) is 4.85. The average molecular weight is 269 g/mol. The molecule has 3 rings (SSSR count). The van der Waals surface area contributed by atoms with Gasteiger partial charge in [-0.25, -0.2) is 4.98 Å². The number of hydrogen-bond donors (Lipinski definition) is 2. The van der Waals surface area contributed by atoms with Crippen LogP contribution < -0.4 is 0 Å². The van der Waals surface area contributed by atoms with Crippen molar-refractivity contribution in [1.29, 1.82) is 0 Å². The number of fused-ring (bicyclic) bond motifs is 1. The number of aryl methyl sites for hydroxylation is 1. The maximum absolute atomic E-state index is 11.1. The molecule has 5 heteroatoms. The van der Waals surface area contributed by atoms with Gasteiger partial charge in [0.25, 0.3) is 0 Å². The van der Waals surface area contributed by atoms with Crippen LogP contribution in [0.1, 0.15) is 23.5 Å². The number of carbonyl (C=O) groups is 1. The molecule has 0 aliphatic rings. The van der Waals surface area contributed by atoms with Gasteiger partial charge in [0.2, 0.25) is 0 Å². The molecule has 5 nitrogen and oxygen atoms in total. The lowest BCUT2D eigenvalue weighted by Gasteiger charge is -2.14. The predicted octanol–water partition coefficient (Wildman–Crippen LogP) is 2.51. The summed E-state index contributed by atoms with van der Waals surface area (Å²) in [6.45, 7) is 0. The van der Waals surface area contributed by atoms with Crippen molar-refractivity contribution < 1.29 is 9.90 Å².